The Morgan fingerprint density at radius 3 is 2.40 bits per heavy atom. The molecule has 0 bridgehead atoms. The zero-order valence-corrected chi connectivity index (χ0v) is 7.22. The topological polar surface area (TPSA) is 18.5 Å². The van der Waals surface area contributed by atoms with E-state index in [-0.39, 0.29) is 0 Å². The van der Waals surface area contributed by atoms with E-state index in [0.29, 0.717) is 6.10 Å². The van der Waals surface area contributed by atoms with E-state index in [2.05, 4.69) is 13.8 Å². The second-order valence-electron chi connectivity index (χ2n) is 2.36. The van der Waals surface area contributed by atoms with Crippen molar-refractivity contribution in [3.63, 3.8) is 0 Å². The van der Waals surface area contributed by atoms with E-state index in [1.54, 1.807) is 7.11 Å². The SMILES string of the molecule is CCCOC(CC)COC. The first kappa shape index (κ1) is 9.92. The lowest BCUT2D eigenvalue weighted by Crippen LogP contribution is -2.18. The molecule has 0 rings (SSSR count). The van der Waals surface area contributed by atoms with Crippen LogP contribution in [-0.4, -0.2) is 26.4 Å². The van der Waals surface area contributed by atoms with Gasteiger partial charge in [-0.05, 0) is 12.8 Å². The molecule has 0 aliphatic heterocycles. The summed E-state index contributed by atoms with van der Waals surface area (Å²) in [4.78, 5) is 0. The van der Waals surface area contributed by atoms with E-state index in [0.717, 1.165) is 26.1 Å². The lowest BCUT2D eigenvalue weighted by Gasteiger charge is -2.13. The van der Waals surface area contributed by atoms with Crippen LogP contribution in [0.2, 0.25) is 0 Å². The Morgan fingerprint density at radius 1 is 1.30 bits per heavy atom. The largest absolute Gasteiger partial charge is 0.382 e. The van der Waals surface area contributed by atoms with Gasteiger partial charge in [-0.25, -0.2) is 0 Å². The van der Waals surface area contributed by atoms with Crippen molar-refractivity contribution in [2.75, 3.05) is 20.3 Å². The van der Waals surface area contributed by atoms with Gasteiger partial charge in [0.15, 0.2) is 0 Å². The van der Waals surface area contributed by atoms with Crippen LogP contribution in [-0.2, 0) is 9.47 Å². The summed E-state index contributed by atoms with van der Waals surface area (Å²) in [7, 11) is 1.71. The van der Waals surface area contributed by atoms with Crippen LogP contribution in [0.4, 0.5) is 0 Å². The minimum atomic E-state index is 0.296. The third kappa shape index (κ3) is 4.77. The monoisotopic (exact) mass is 146 g/mol. The summed E-state index contributed by atoms with van der Waals surface area (Å²) in [6.07, 6.45) is 2.42. The normalized spacial score (nSPS) is 13.5. The number of hydrogen-bond donors (Lipinski definition) is 0. The molecule has 0 amide bonds. The zero-order valence-electron chi connectivity index (χ0n) is 7.22. The summed E-state index contributed by atoms with van der Waals surface area (Å²) >= 11 is 0. The molecule has 0 fully saturated rings. The fraction of sp³-hybridized carbons (Fsp3) is 1.00. The van der Waals surface area contributed by atoms with Crippen LogP contribution in [0.5, 0.6) is 0 Å². The predicted molar refractivity (Wildman–Crippen MR) is 42.2 cm³/mol. The lowest BCUT2D eigenvalue weighted by molar-refractivity contribution is -0.00323. The quantitative estimate of drug-likeness (QED) is 0.569. The van der Waals surface area contributed by atoms with Crippen LogP contribution in [0, 0.1) is 0 Å². The second kappa shape index (κ2) is 7.03. The molecule has 0 aromatic carbocycles. The van der Waals surface area contributed by atoms with Gasteiger partial charge in [-0.15, -0.1) is 0 Å². The maximum Gasteiger partial charge on any atom is 0.0805 e. The molecule has 0 heterocycles. The van der Waals surface area contributed by atoms with E-state index in [4.69, 9.17) is 9.47 Å². The zero-order chi connectivity index (χ0) is 7.82. The van der Waals surface area contributed by atoms with Crippen LogP contribution in [0.25, 0.3) is 0 Å². The Balaban J connectivity index is 3.21. The third-order valence-electron chi connectivity index (χ3n) is 1.37. The predicted octanol–water partition coefficient (Wildman–Crippen LogP) is 1.84. The van der Waals surface area contributed by atoms with Crippen molar-refractivity contribution in [1.29, 1.82) is 0 Å². The fourth-order valence-electron chi connectivity index (χ4n) is 0.754. The highest BCUT2D eigenvalue weighted by atomic mass is 16.5. The minimum Gasteiger partial charge on any atom is -0.382 e. The molecule has 0 N–H and O–H groups in total. The molecular formula is C8H18O2. The average Bonchev–Trinajstić information content (AvgIpc) is 1.98. The summed E-state index contributed by atoms with van der Waals surface area (Å²) < 4.78 is 10.4. The van der Waals surface area contributed by atoms with Crippen LogP contribution in [0.15, 0.2) is 0 Å². The van der Waals surface area contributed by atoms with Gasteiger partial charge in [0.25, 0.3) is 0 Å². The number of rotatable bonds is 6. The fourth-order valence-corrected chi connectivity index (χ4v) is 0.754. The number of hydrogen-bond acceptors (Lipinski definition) is 2. The van der Waals surface area contributed by atoms with Gasteiger partial charge in [-0.2, -0.15) is 0 Å². The summed E-state index contributed by atoms with van der Waals surface area (Å²) in [6.45, 7) is 5.79. The van der Waals surface area contributed by atoms with Gasteiger partial charge >= 0.3 is 0 Å². The van der Waals surface area contributed by atoms with Crippen LogP contribution in [0.3, 0.4) is 0 Å². The van der Waals surface area contributed by atoms with Gasteiger partial charge < -0.3 is 9.47 Å². The molecule has 0 aromatic heterocycles. The molecule has 0 spiro atoms. The Bertz CT molecular complexity index is 64.3. The minimum absolute atomic E-state index is 0.296. The van der Waals surface area contributed by atoms with Gasteiger partial charge in [0.1, 0.15) is 0 Å². The molecular weight excluding hydrogens is 128 g/mol. The highest BCUT2D eigenvalue weighted by Gasteiger charge is 2.03. The van der Waals surface area contributed by atoms with Gasteiger partial charge in [-0.3, -0.25) is 0 Å². The van der Waals surface area contributed by atoms with Crippen molar-refractivity contribution in [3.8, 4) is 0 Å². The molecule has 0 aliphatic rings. The first-order chi connectivity index (χ1) is 4.85. The Labute approximate surface area is 63.5 Å². The number of ether oxygens (including phenoxy) is 2. The van der Waals surface area contributed by atoms with E-state index >= 15 is 0 Å². The van der Waals surface area contributed by atoms with E-state index in [9.17, 15) is 0 Å². The molecule has 10 heavy (non-hydrogen) atoms. The van der Waals surface area contributed by atoms with Crippen molar-refractivity contribution in [1.82, 2.24) is 0 Å². The Kier molecular flexibility index (Phi) is 6.98. The molecule has 0 aromatic rings. The molecule has 62 valence electrons. The maximum atomic E-state index is 5.46. The standard InChI is InChI=1S/C8H18O2/c1-4-6-10-8(5-2)7-9-3/h8H,4-7H2,1-3H3. The van der Waals surface area contributed by atoms with Crippen molar-refractivity contribution in [3.05, 3.63) is 0 Å². The highest BCUT2D eigenvalue weighted by Crippen LogP contribution is 1.98. The molecule has 1 atom stereocenters. The summed E-state index contributed by atoms with van der Waals surface area (Å²) in [5.74, 6) is 0. The average molecular weight is 146 g/mol. The summed E-state index contributed by atoms with van der Waals surface area (Å²) in [5.41, 5.74) is 0. The van der Waals surface area contributed by atoms with Gasteiger partial charge in [-0.1, -0.05) is 13.8 Å². The molecule has 0 aliphatic carbocycles. The van der Waals surface area contributed by atoms with Crippen LogP contribution in [0.1, 0.15) is 26.7 Å². The van der Waals surface area contributed by atoms with Crippen molar-refractivity contribution < 1.29 is 9.47 Å². The van der Waals surface area contributed by atoms with Gasteiger partial charge in [0, 0.05) is 13.7 Å². The second-order valence-corrected chi connectivity index (χ2v) is 2.36. The molecule has 0 radical (unpaired) electrons. The summed E-state index contributed by atoms with van der Waals surface area (Å²) in [6, 6.07) is 0. The number of methoxy groups -OCH3 is 1. The first-order valence-corrected chi connectivity index (χ1v) is 3.95. The molecule has 2 nitrogen and oxygen atoms in total. The Morgan fingerprint density at radius 2 is 2.00 bits per heavy atom. The lowest BCUT2D eigenvalue weighted by atomic mass is 10.3. The van der Waals surface area contributed by atoms with Gasteiger partial charge in [0.05, 0.1) is 12.7 Å². The van der Waals surface area contributed by atoms with E-state index in [1.807, 2.05) is 0 Å². The molecule has 2 heteroatoms. The summed E-state index contributed by atoms with van der Waals surface area (Å²) in [5, 5.41) is 0. The third-order valence-corrected chi connectivity index (χ3v) is 1.37. The Hall–Kier alpha value is -0.0800. The van der Waals surface area contributed by atoms with Crippen LogP contribution >= 0.6 is 0 Å². The van der Waals surface area contributed by atoms with E-state index in [1.165, 1.54) is 0 Å². The van der Waals surface area contributed by atoms with E-state index < -0.39 is 0 Å². The van der Waals surface area contributed by atoms with Crippen molar-refractivity contribution in [2.45, 2.75) is 32.8 Å². The highest BCUT2D eigenvalue weighted by molar-refractivity contribution is 4.51. The first-order valence-electron chi connectivity index (χ1n) is 3.95. The molecule has 1 unspecified atom stereocenters. The van der Waals surface area contributed by atoms with Crippen molar-refractivity contribution in [2.24, 2.45) is 0 Å². The smallest absolute Gasteiger partial charge is 0.0805 e. The molecule has 0 saturated carbocycles. The molecule has 0 saturated heterocycles. The van der Waals surface area contributed by atoms with Gasteiger partial charge in [0.2, 0.25) is 0 Å². The van der Waals surface area contributed by atoms with Crippen molar-refractivity contribution >= 4 is 0 Å². The van der Waals surface area contributed by atoms with Crippen LogP contribution < -0.4 is 0 Å². The maximum absolute atomic E-state index is 5.46.